The van der Waals surface area contributed by atoms with Gasteiger partial charge in [0.1, 0.15) is 0 Å². The first-order valence-corrected chi connectivity index (χ1v) is 7.63. The van der Waals surface area contributed by atoms with Crippen molar-refractivity contribution in [2.75, 3.05) is 6.73 Å². The maximum Gasteiger partial charge on any atom is 0.292 e. The molecule has 1 saturated carbocycles. The number of nitrogens with zero attached hydrogens (tertiary/aromatic N) is 1. The zero-order chi connectivity index (χ0) is 13.2. The Morgan fingerprint density at radius 1 is 1.21 bits per heavy atom. The highest BCUT2D eigenvalue weighted by atomic mass is 16.5. The Kier molecular flexibility index (Phi) is 3.58. The van der Waals surface area contributed by atoms with Crippen LogP contribution in [0.3, 0.4) is 0 Å². The molecule has 1 aromatic carbocycles. The molecule has 0 amide bonds. The van der Waals surface area contributed by atoms with E-state index >= 15 is 0 Å². The van der Waals surface area contributed by atoms with Crippen LogP contribution in [0.4, 0.5) is 5.69 Å². The van der Waals surface area contributed by atoms with Crippen molar-refractivity contribution in [2.45, 2.75) is 51.9 Å². The van der Waals surface area contributed by atoms with Crippen molar-refractivity contribution in [3.63, 3.8) is 0 Å². The van der Waals surface area contributed by atoms with Crippen LogP contribution in [0.5, 0.6) is 5.75 Å². The highest BCUT2D eigenvalue weighted by molar-refractivity contribution is 5.62. The summed E-state index contributed by atoms with van der Waals surface area (Å²) in [5.74, 6) is 2.36. The summed E-state index contributed by atoms with van der Waals surface area (Å²) in [6, 6.07) is 6.53. The molecule has 2 heteroatoms. The number of fused-ring (bicyclic) bond motifs is 1. The standard InChI is InChI=1S/C17H24NO/c1-13(2)15-9-6-10-16-17(15)19-12-18(16)11-14-7-4-3-5-8-14/h6,9-11,13-14H,3-5,7-8,12H2,1-2H3/q+1/b18-11-. The van der Waals surface area contributed by atoms with E-state index in [9.17, 15) is 0 Å². The summed E-state index contributed by atoms with van der Waals surface area (Å²) in [5, 5.41) is 0. The van der Waals surface area contributed by atoms with E-state index in [0.717, 1.165) is 11.7 Å². The van der Waals surface area contributed by atoms with Gasteiger partial charge in [0.05, 0.1) is 0 Å². The molecular weight excluding hydrogens is 234 g/mol. The van der Waals surface area contributed by atoms with E-state index in [1.807, 2.05) is 0 Å². The second-order valence-corrected chi connectivity index (χ2v) is 6.14. The molecule has 0 aromatic heterocycles. The van der Waals surface area contributed by atoms with Crippen molar-refractivity contribution in [2.24, 2.45) is 5.92 Å². The SMILES string of the molecule is CC(C)c1cccc2c1OC/[N+]2=C/C1CCCCC1. The van der Waals surface area contributed by atoms with Gasteiger partial charge in [-0.15, -0.1) is 0 Å². The summed E-state index contributed by atoms with van der Waals surface area (Å²) in [6.45, 7) is 5.15. The van der Waals surface area contributed by atoms with E-state index in [-0.39, 0.29) is 0 Å². The lowest BCUT2D eigenvalue weighted by atomic mass is 9.90. The third-order valence-corrected chi connectivity index (χ3v) is 4.34. The zero-order valence-electron chi connectivity index (χ0n) is 12.1. The second kappa shape index (κ2) is 5.36. The number of benzene rings is 1. The van der Waals surface area contributed by atoms with E-state index < -0.39 is 0 Å². The lowest BCUT2D eigenvalue weighted by Crippen LogP contribution is -2.15. The van der Waals surface area contributed by atoms with Gasteiger partial charge in [0.2, 0.25) is 5.75 Å². The molecule has 2 nitrogen and oxygen atoms in total. The molecule has 3 rings (SSSR count). The first kappa shape index (κ1) is 12.7. The number of ether oxygens (including phenoxy) is 1. The lowest BCUT2D eigenvalue weighted by Gasteiger charge is -2.15. The number of rotatable bonds is 2. The van der Waals surface area contributed by atoms with Crippen LogP contribution >= 0.6 is 0 Å². The largest absolute Gasteiger partial charge is 0.429 e. The van der Waals surface area contributed by atoms with Gasteiger partial charge in [0, 0.05) is 17.5 Å². The molecule has 0 bridgehead atoms. The minimum Gasteiger partial charge on any atom is -0.429 e. The van der Waals surface area contributed by atoms with Gasteiger partial charge in [-0.1, -0.05) is 45.2 Å². The van der Waals surface area contributed by atoms with Gasteiger partial charge in [0.15, 0.2) is 6.21 Å². The smallest absolute Gasteiger partial charge is 0.292 e. The van der Waals surface area contributed by atoms with E-state index in [1.165, 1.54) is 43.4 Å². The van der Waals surface area contributed by atoms with Crippen LogP contribution < -0.4 is 4.74 Å². The molecule has 102 valence electrons. The first-order chi connectivity index (χ1) is 9.25. The van der Waals surface area contributed by atoms with Gasteiger partial charge >= 0.3 is 0 Å². The van der Waals surface area contributed by atoms with Gasteiger partial charge in [-0.3, -0.25) is 0 Å². The molecule has 1 fully saturated rings. The van der Waals surface area contributed by atoms with Crippen molar-refractivity contribution in [3.8, 4) is 5.75 Å². The van der Waals surface area contributed by atoms with Gasteiger partial charge in [-0.25, -0.2) is 0 Å². The molecule has 0 saturated heterocycles. The summed E-state index contributed by atoms with van der Waals surface area (Å²) >= 11 is 0. The Hall–Kier alpha value is -1.31. The summed E-state index contributed by atoms with van der Waals surface area (Å²) in [7, 11) is 0. The molecule has 1 aliphatic heterocycles. The Bertz CT molecular complexity index is 484. The number of para-hydroxylation sites is 1. The fourth-order valence-corrected chi connectivity index (χ4v) is 3.24. The second-order valence-electron chi connectivity index (χ2n) is 6.14. The van der Waals surface area contributed by atoms with Crippen LogP contribution in [-0.4, -0.2) is 17.5 Å². The van der Waals surface area contributed by atoms with Crippen molar-refractivity contribution < 1.29 is 9.31 Å². The van der Waals surface area contributed by atoms with E-state index in [0.29, 0.717) is 12.6 Å². The molecule has 0 atom stereocenters. The first-order valence-electron chi connectivity index (χ1n) is 7.63. The van der Waals surface area contributed by atoms with E-state index in [1.54, 1.807) is 0 Å². The van der Waals surface area contributed by atoms with Crippen molar-refractivity contribution in [1.82, 2.24) is 0 Å². The quantitative estimate of drug-likeness (QED) is 0.714. The fraction of sp³-hybridized carbons (Fsp3) is 0.588. The maximum absolute atomic E-state index is 5.94. The molecule has 1 aliphatic carbocycles. The molecule has 0 unspecified atom stereocenters. The predicted molar refractivity (Wildman–Crippen MR) is 78.6 cm³/mol. The third-order valence-electron chi connectivity index (χ3n) is 4.34. The average molecular weight is 258 g/mol. The zero-order valence-corrected chi connectivity index (χ0v) is 12.1. The Balaban J connectivity index is 1.89. The van der Waals surface area contributed by atoms with Gasteiger partial charge in [-0.05, 0) is 18.8 Å². The van der Waals surface area contributed by atoms with Crippen molar-refractivity contribution >= 4 is 11.9 Å². The van der Waals surface area contributed by atoms with Crippen molar-refractivity contribution in [3.05, 3.63) is 23.8 Å². The van der Waals surface area contributed by atoms with Gasteiger partial charge < -0.3 is 4.74 Å². The van der Waals surface area contributed by atoms with Crippen LogP contribution in [0.2, 0.25) is 0 Å². The highest BCUT2D eigenvalue weighted by Crippen LogP contribution is 2.39. The monoisotopic (exact) mass is 258 g/mol. The van der Waals surface area contributed by atoms with Gasteiger partial charge in [0.25, 0.3) is 12.4 Å². The average Bonchev–Trinajstić information content (AvgIpc) is 2.83. The van der Waals surface area contributed by atoms with Crippen molar-refractivity contribution in [1.29, 1.82) is 0 Å². The maximum atomic E-state index is 5.94. The summed E-state index contributed by atoms with van der Waals surface area (Å²) in [5.41, 5.74) is 2.59. The molecular formula is C17H24NO+. The highest BCUT2D eigenvalue weighted by Gasteiger charge is 2.29. The molecule has 19 heavy (non-hydrogen) atoms. The molecule has 0 radical (unpaired) electrons. The third kappa shape index (κ3) is 2.54. The van der Waals surface area contributed by atoms with Crippen LogP contribution in [0.15, 0.2) is 18.2 Å². The van der Waals surface area contributed by atoms with Gasteiger partial charge in [-0.2, -0.15) is 4.58 Å². The minimum atomic E-state index is 0.518. The lowest BCUT2D eigenvalue weighted by molar-refractivity contribution is -0.455. The summed E-state index contributed by atoms with van der Waals surface area (Å²) in [6.07, 6.45) is 9.28. The van der Waals surface area contributed by atoms with Crippen LogP contribution in [0.25, 0.3) is 0 Å². The van der Waals surface area contributed by atoms with E-state index in [2.05, 4.69) is 42.8 Å². The van der Waals surface area contributed by atoms with Crippen LogP contribution in [0.1, 0.15) is 57.4 Å². The minimum absolute atomic E-state index is 0.518. The number of hydrogen-bond acceptors (Lipinski definition) is 1. The summed E-state index contributed by atoms with van der Waals surface area (Å²) < 4.78 is 8.26. The Labute approximate surface area is 116 Å². The topological polar surface area (TPSA) is 12.2 Å². The molecule has 0 spiro atoms. The molecule has 2 aliphatic rings. The summed E-state index contributed by atoms with van der Waals surface area (Å²) in [4.78, 5) is 0. The molecule has 0 N–H and O–H groups in total. The van der Waals surface area contributed by atoms with Crippen LogP contribution in [0, 0.1) is 5.92 Å². The van der Waals surface area contributed by atoms with Crippen LogP contribution in [-0.2, 0) is 0 Å². The number of hydrogen-bond donors (Lipinski definition) is 0. The normalized spacial score (nSPS) is 21.7. The molecule has 1 heterocycles. The van der Waals surface area contributed by atoms with E-state index in [4.69, 9.17) is 4.74 Å². The predicted octanol–water partition coefficient (Wildman–Crippen LogP) is 4.46. The Morgan fingerprint density at radius 2 is 2.00 bits per heavy atom. The Morgan fingerprint density at radius 3 is 2.74 bits per heavy atom. The molecule has 1 aromatic rings. The fourth-order valence-electron chi connectivity index (χ4n) is 3.24.